The summed E-state index contributed by atoms with van der Waals surface area (Å²) in [5.41, 5.74) is 2.46. The molecule has 6 heteroatoms. The number of sulfonamides is 1. The van der Waals surface area contributed by atoms with Crippen LogP contribution in [0.25, 0.3) is 0 Å². The molecule has 0 saturated heterocycles. The molecule has 0 unspecified atom stereocenters. The van der Waals surface area contributed by atoms with Crippen molar-refractivity contribution in [1.29, 1.82) is 0 Å². The third-order valence-corrected chi connectivity index (χ3v) is 4.62. The number of rotatable bonds is 6. The molecule has 1 aromatic carbocycles. The van der Waals surface area contributed by atoms with Crippen LogP contribution in [-0.2, 0) is 23.0 Å². The van der Waals surface area contributed by atoms with Gasteiger partial charge in [-0.05, 0) is 36.7 Å². The predicted molar refractivity (Wildman–Crippen MR) is 83.6 cm³/mol. The Bertz CT molecular complexity index is 680. The van der Waals surface area contributed by atoms with Crippen LogP contribution >= 0.6 is 0 Å². The molecule has 2 rings (SSSR count). The van der Waals surface area contributed by atoms with E-state index in [2.05, 4.69) is 46.2 Å². The van der Waals surface area contributed by atoms with Gasteiger partial charge >= 0.3 is 0 Å². The van der Waals surface area contributed by atoms with Crippen molar-refractivity contribution in [3.05, 3.63) is 53.7 Å². The van der Waals surface area contributed by atoms with Gasteiger partial charge in [0.2, 0.25) is 10.0 Å². The highest BCUT2D eigenvalue weighted by Gasteiger charge is 2.11. The second-order valence-corrected chi connectivity index (χ2v) is 6.50. The average molecular weight is 305 g/mol. The molecule has 0 aliphatic carbocycles. The molecular formula is C15H19N3O2S. The van der Waals surface area contributed by atoms with Gasteiger partial charge in [-0.15, -0.1) is 0 Å². The molecule has 0 radical (unpaired) electrons. The van der Waals surface area contributed by atoms with E-state index in [9.17, 15) is 8.42 Å². The van der Waals surface area contributed by atoms with Gasteiger partial charge in [0.05, 0.1) is 0 Å². The molecule has 21 heavy (non-hydrogen) atoms. The van der Waals surface area contributed by atoms with Crippen LogP contribution in [0.2, 0.25) is 0 Å². The smallest absolute Gasteiger partial charge is 0.241 e. The third-order valence-electron chi connectivity index (χ3n) is 3.22. The number of hydrogen-bond donors (Lipinski definition) is 2. The van der Waals surface area contributed by atoms with Crippen LogP contribution in [0.5, 0.6) is 0 Å². The Morgan fingerprint density at radius 1 is 1.05 bits per heavy atom. The summed E-state index contributed by atoms with van der Waals surface area (Å²) in [5.74, 6) is 0.643. The zero-order valence-electron chi connectivity index (χ0n) is 12.1. The summed E-state index contributed by atoms with van der Waals surface area (Å²) < 4.78 is 25.4. The first kappa shape index (κ1) is 15.5. The Morgan fingerprint density at radius 3 is 2.24 bits per heavy atom. The maximum Gasteiger partial charge on any atom is 0.241 e. The summed E-state index contributed by atoms with van der Waals surface area (Å²) >= 11 is 0. The lowest BCUT2D eigenvalue weighted by atomic mass is 10.1. The maximum absolute atomic E-state index is 11.6. The fraction of sp³-hybridized carbons (Fsp3) is 0.267. The van der Waals surface area contributed by atoms with Crippen molar-refractivity contribution in [3.63, 3.8) is 0 Å². The maximum atomic E-state index is 11.6. The molecule has 0 bridgehead atoms. The van der Waals surface area contributed by atoms with Crippen molar-refractivity contribution >= 4 is 15.8 Å². The van der Waals surface area contributed by atoms with E-state index in [0.717, 1.165) is 12.0 Å². The lowest BCUT2D eigenvalue weighted by Crippen LogP contribution is -2.18. The molecule has 1 aromatic heterocycles. The highest BCUT2D eigenvalue weighted by molar-refractivity contribution is 7.89. The minimum atomic E-state index is -3.43. The minimum absolute atomic E-state index is 0.155. The molecule has 0 saturated carbocycles. The number of nitrogens with zero attached hydrogens (tertiary/aromatic N) is 1. The fourth-order valence-electron chi connectivity index (χ4n) is 1.85. The van der Waals surface area contributed by atoms with Crippen molar-refractivity contribution in [2.45, 2.75) is 24.8 Å². The van der Waals surface area contributed by atoms with E-state index >= 15 is 0 Å². The summed E-state index contributed by atoms with van der Waals surface area (Å²) in [7, 11) is -2.05. The standard InChI is InChI=1S/C15H19N3O2S/c1-3-12-4-6-13(7-5-12)10-17-15-9-8-14(11-18-15)21(19,20)16-2/h4-9,11,16H,3,10H2,1-2H3,(H,17,18). The van der Waals surface area contributed by atoms with E-state index in [4.69, 9.17) is 0 Å². The summed E-state index contributed by atoms with van der Waals surface area (Å²) in [6.07, 6.45) is 2.37. The van der Waals surface area contributed by atoms with Gasteiger partial charge in [0.25, 0.3) is 0 Å². The van der Waals surface area contributed by atoms with Crippen LogP contribution in [0.3, 0.4) is 0 Å². The summed E-state index contributed by atoms with van der Waals surface area (Å²) in [5, 5.41) is 3.17. The second-order valence-electron chi connectivity index (χ2n) is 4.61. The Kier molecular flexibility index (Phi) is 4.93. The topological polar surface area (TPSA) is 71.1 Å². The number of anilines is 1. The molecule has 0 fully saturated rings. The Labute approximate surface area is 125 Å². The number of nitrogens with one attached hydrogen (secondary N) is 2. The van der Waals surface area contributed by atoms with Crippen molar-refractivity contribution in [1.82, 2.24) is 9.71 Å². The lowest BCUT2D eigenvalue weighted by molar-refractivity contribution is 0.588. The first-order valence-corrected chi connectivity index (χ1v) is 8.25. The molecule has 112 valence electrons. The molecule has 0 aliphatic rings. The highest BCUT2D eigenvalue weighted by atomic mass is 32.2. The van der Waals surface area contributed by atoms with Gasteiger partial charge in [-0.1, -0.05) is 31.2 Å². The monoisotopic (exact) mass is 305 g/mol. The van der Waals surface area contributed by atoms with Crippen LogP contribution in [0.1, 0.15) is 18.1 Å². The first-order valence-electron chi connectivity index (χ1n) is 6.76. The molecule has 1 heterocycles. The van der Waals surface area contributed by atoms with E-state index in [1.807, 2.05) is 0 Å². The summed E-state index contributed by atoms with van der Waals surface area (Å²) in [4.78, 5) is 4.27. The van der Waals surface area contributed by atoms with Crippen LogP contribution in [0, 0.1) is 0 Å². The number of benzene rings is 1. The van der Waals surface area contributed by atoms with E-state index in [-0.39, 0.29) is 4.90 Å². The van der Waals surface area contributed by atoms with Crippen molar-refractivity contribution < 1.29 is 8.42 Å². The van der Waals surface area contributed by atoms with Crippen molar-refractivity contribution in [2.75, 3.05) is 12.4 Å². The largest absolute Gasteiger partial charge is 0.366 e. The molecule has 2 aromatic rings. The van der Waals surface area contributed by atoms with Gasteiger partial charge in [-0.25, -0.2) is 18.1 Å². The van der Waals surface area contributed by atoms with Crippen molar-refractivity contribution in [3.8, 4) is 0 Å². The molecule has 0 spiro atoms. The van der Waals surface area contributed by atoms with E-state index in [0.29, 0.717) is 12.4 Å². The van der Waals surface area contributed by atoms with E-state index < -0.39 is 10.0 Å². The fourth-order valence-corrected chi connectivity index (χ4v) is 2.52. The third kappa shape index (κ3) is 4.03. The number of hydrogen-bond acceptors (Lipinski definition) is 4. The lowest BCUT2D eigenvalue weighted by Gasteiger charge is -2.07. The minimum Gasteiger partial charge on any atom is -0.366 e. The predicted octanol–water partition coefficient (Wildman–Crippen LogP) is 2.16. The van der Waals surface area contributed by atoms with Gasteiger partial charge < -0.3 is 5.32 Å². The molecule has 0 amide bonds. The number of aryl methyl sites for hydroxylation is 1. The zero-order chi connectivity index (χ0) is 15.3. The van der Waals surface area contributed by atoms with E-state index in [1.54, 1.807) is 6.07 Å². The molecule has 0 atom stereocenters. The quantitative estimate of drug-likeness (QED) is 0.858. The first-order chi connectivity index (χ1) is 10.0. The normalized spacial score (nSPS) is 11.3. The molecule has 2 N–H and O–H groups in total. The van der Waals surface area contributed by atoms with Gasteiger partial charge in [-0.3, -0.25) is 0 Å². The van der Waals surface area contributed by atoms with Gasteiger partial charge in [0.1, 0.15) is 10.7 Å². The number of pyridine rings is 1. The van der Waals surface area contributed by atoms with Crippen LogP contribution in [0.4, 0.5) is 5.82 Å². The second kappa shape index (κ2) is 6.69. The van der Waals surface area contributed by atoms with Crippen LogP contribution in [0.15, 0.2) is 47.5 Å². The summed E-state index contributed by atoms with van der Waals surface area (Å²) in [6, 6.07) is 11.5. The SMILES string of the molecule is CCc1ccc(CNc2ccc(S(=O)(=O)NC)cn2)cc1. The highest BCUT2D eigenvalue weighted by Crippen LogP contribution is 2.12. The zero-order valence-corrected chi connectivity index (χ0v) is 12.9. The Hall–Kier alpha value is -1.92. The van der Waals surface area contributed by atoms with Crippen LogP contribution < -0.4 is 10.0 Å². The summed E-state index contributed by atoms with van der Waals surface area (Å²) in [6.45, 7) is 2.77. The van der Waals surface area contributed by atoms with E-state index in [1.165, 1.54) is 24.9 Å². The molecular weight excluding hydrogens is 286 g/mol. The van der Waals surface area contributed by atoms with Crippen LogP contribution in [-0.4, -0.2) is 20.4 Å². The van der Waals surface area contributed by atoms with Gasteiger partial charge in [0.15, 0.2) is 0 Å². The number of aromatic nitrogens is 1. The average Bonchev–Trinajstić information content (AvgIpc) is 2.54. The molecule has 5 nitrogen and oxygen atoms in total. The van der Waals surface area contributed by atoms with Crippen molar-refractivity contribution in [2.24, 2.45) is 0 Å². The Morgan fingerprint density at radius 2 is 1.71 bits per heavy atom. The Balaban J connectivity index is 2.00. The van der Waals surface area contributed by atoms with Gasteiger partial charge in [0, 0.05) is 12.7 Å². The molecule has 0 aliphatic heterocycles. The van der Waals surface area contributed by atoms with Gasteiger partial charge in [-0.2, -0.15) is 0 Å².